The van der Waals surface area contributed by atoms with E-state index in [4.69, 9.17) is 4.74 Å². The van der Waals surface area contributed by atoms with E-state index in [2.05, 4.69) is 34.1 Å². The molecule has 0 saturated heterocycles. The molecule has 0 bridgehead atoms. The summed E-state index contributed by atoms with van der Waals surface area (Å²) in [6.07, 6.45) is 8.52. The minimum Gasteiger partial charge on any atom is -0.483 e. The van der Waals surface area contributed by atoms with Crippen molar-refractivity contribution in [2.45, 2.75) is 79.8 Å². The molecule has 51 heavy (non-hydrogen) atoms. The van der Waals surface area contributed by atoms with Gasteiger partial charge in [0.15, 0.2) is 6.61 Å². The lowest BCUT2D eigenvalue weighted by molar-refractivity contribution is -0.141. The Morgan fingerprint density at radius 2 is 1.59 bits per heavy atom. The maximum Gasteiger partial charge on any atom is 0.327 e. The standard InChI is InChI=1S/C37H48N4O7S3/c1-5-7-19-37(20-8-6-2)25-41(27-17-13-10-14-18-27)29-21-31(50-4)30(22-32(29)51(46,47)40-37)48-23-33(42)39-34(26-15-11-9-12-16-26)35(43)38-28(24-49-3)36(44)45/h9-18,21-22,28,34,40H,5-8,19-20,23-25H2,1-4H3,(H,38,43)(H,39,42)(H,44,45)/t28-,34-/m1/s1. The summed E-state index contributed by atoms with van der Waals surface area (Å²) in [5.41, 5.74) is 1.13. The zero-order valence-corrected chi connectivity index (χ0v) is 32.0. The summed E-state index contributed by atoms with van der Waals surface area (Å²) in [4.78, 5) is 41.2. The number of fused-ring (bicyclic) bond motifs is 1. The maximum atomic E-state index is 14.3. The molecule has 0 aliphatic carbocycles. The van der Waals surface area contributed by atoms with Crippen LogP contribution >= 0.6 is 23.5 Å². The average molecular weight is 757 g/mol. The van der Waals surface area contributed by atoms with Crippen LogP contribution in [0.2, 0.25) is 0 Å². The van der Waals surface area contributed by atoms with Crippen LogP contribution in [0, 0.1) is 0 Å². The highest BCUT2D eigenvalue weighted by Gasteiger charge is 2.42. The topological polar surface area (TPSA) is 154 Å². The summed E-state index contributed by atoms with van der Waals surface area (Å²) in [6, 6.07) is 19.2. The number of aliphatic carboxylic acids is 1. The van der Waals surface area contributed by atoms with Crippen molar-refractivity contribution >= 4 is 62.7 Å². The van der Waals surface area contributed by atoms with Crippen molar-refractivity contribution in [3.63, 3.8) is 0 Å². The number of carbonyl (C=O) groups excluding carboxylic acids is 2. The largest absolute Gasteiger partial charge is 0.483 e. The number of amides is 2. The van der Waals surface area contributed by atoms with Gasteiger partial charge in [-0.25, -0.2) is 17.9 Å². The van der Waals surface area contributed by atoms with Crippen LogP contribution in [-0.4, -0.2) is 74.3 Å². The number of carboxylic acids is 1. The lowest BCUT2D eigenvalue weighted by Gasteiger charge is -2.37. The SMILES string of the molecule is CCCCC1(CCCC)CN(c2ccccc2)c2cc(SC)c(OCC(=O)N[C@@H](C(=O)N[C@H](CSC)C(=O)O)c3ccccc3)cc2S(=O)(=O)N1. The molecule has 14 heteroatoms. The molecule has 4 rings (SSSR count). The Hall–Kier alpha value is -3.72. The van der Waals surface area contributed by atoms with E-state index in [0.29, 0.717) is 35.5 Å². The molecule has 0 spiro atoms. The number of rotatable bonds is 18. The van der Waals surface area contributed by atoms with Crippen LogP contribution in [0.15, 0.2) is 82.6 Å². The quantitative estimate of drug-likeness (QED) is 0.112. The van der Waals surface area contributed by atoms with Crippen LogP contribution in [0.4, 0.5) is 11.4 Å². The Bertz CT molecular complexity index is 1740. The predicted octanol–water partition coefficient (Wildman–Crippen LogP) is 6.13. The number of ether oxygens (including phenoxy) is 1. The molecule has 11 nitrogen and oxygen atoms in total. The molecule has 2 atom stereocenters. The molecule has 0 fully saturated rings. The number of nitrogens with one attached hydrogen (secondary N) is 3. The molecular formula is C37H48N4O7S3. The van der Waals surface area contributed by atoms with E-state index in [-0.39, 0.29) is 16.4 Å². The Morgan fingerprint density at radius 3 is 2.16 bits per heavy atom. The smallest absolute Gasteiger partial charge is 0.327 e. The summed E-state index contributed by atoms with van der Waals surface area (Å²) < 4.78 is 37.7. The highest BCUT2D eigenvalue weighted by molar-refractivity contribution is 7.98. The first-order valence-corrected chi connectivity index (χ1v) is 21.2. The summed E-state index contributed by atoms with van der Waals surface area (Å²) in [5.74, 6) is -2.17. The second-order valence-electron chi connectivity index (χ2n) is 12.5. The molecule has 3 aromatic rings. The summed E-state index contributed by atoms with van der Waals surface area (Å²) in [6.45, 7) is 4.12. The van der Waals surface area contributed by atoms with Crippen molar-refractivity contribution in [3.05, 3.63) is 78.4 Å². The van der Waals surface area contributed by atoms with Crippen LogP contribution in [0.3, 0.4) is 0 Å². The Balaban J connectivity index is 1.67. The number of sulfonamides is 1. The number of thioether (sulfide) groups is 2. The van der Waals surface area contributed by atoms with E-state index in [1.165, 1.54) is 29.6 Å². The van der Waals surface area contributed by atoms with Gasteiger partial charge in [0.05, 0.1) is 16.1 Å². The van der Waals surface area contributed by atoms with Gasteiger partial charge < -0.3 is 25.4 Å². The van der Waals surface area contributed by atoms with Gasteiger partial charge in [-0.05, 0) is 49.1 Å². The van der Waals surface area contributed by atoms with Crippen LogP contribution in [0.25, 0.3) is 0 Å². The van der Waals surface area contributed by atoms with E-state index in [0.717, 1.165) is 31.4 Å². The molecule has 4 N–H and O–H groups in total. The van der Waals surface area contributed by atoms with Crippen molar-refractivity contribution < 1.29 is 32.6 Å². The Kier molecular flexibility index (Phi) is 14.7. The minimum atomic E-state index is -4.05. The van der Waals surface area contributed by atoms with Gasteiger partial charge in [0.1, 0.15) is 22.7 Å². The summed E-state index contributed by atoms with van der Waals surface area (Å²) in [5, 5.41) is 14.8. The van der Waals surface area contributed by atoms with E-state index < -0.39 is 52.0 Å². The average Bonchev–Trinajstić information content (AvgIpc) is 3.22. The first-order chi connectivity index (χ1) is 24.5. The zero-order chi connectivity index (χ0) is 37.0. The number of carbonyl (C=O) groups is 3. The van der Waals surface area contributed by atoms with Gasteiger partial charge in [0, 0.05) is 24.1 Å². The number of anilines is 2. The molecule has 0 radical (unpaired) electrons. The number of unbranched alkanes of at least 4 members (excludes halogenated alkanes) is 2. The minimum absolute atomic E-state index is 0.0458. The third-order valence-electron chi connectivity index (χ3n) is 8.73. The number of hydrogen-bond donors (Lipinski definition) is 4. The third kappa shape index (κ3) is 10.4. The van der Waals surface area contributed by atoms with Gasteiger partial charge in [-0.15, -0.1) is 11.8 Å². The van der Waals surface area contributed by atoms with Gasteiger partial charge in [0.2, 0.25) is 15.9 Å². The number of nitrogens with zero attached hydrogens (tertiary/aromatic N) is 1. The van der Waals surface area contributed by atoms with Gasteiger partial charge >= 0.3 is 5.97 Å². The van der Waals surface area contributed by atoms with Crippen LogP contribution in [0.5, 0.6) is 5.75 Å². The van der Waals surface area contributed by atoms with Crippen LogP contribution in [0.1, 0.15) is 64.0 Å². The number of carboxylic acid groups (broad SMARTS) is 1. The van der Waals surface area contributed by atoms with Gasteiger partial charge in [0.25, 0.3) is 5.91 Å². The van der Waals surface area contributed by atoms with Crippen molar-refractivity contribution in [2.24, 2.45) is 0 Å². The van der Waals surface area contributed by atoms with Crippen molar-refractivity contribution in [1.82, 2.24) is 15.4 Å². The van der Waals surface area contributed by atoms with E-state index in [9.17, 15) is 27.9 Å². The fourth-order valence-electron chi connectivity index (χ4n) is 6.13. The molecule has 1 aliphatic rings. The second-order valence-corrected chi connectivity index (χ2v) is 15.9. The zero-order valence-electron chi connectivity index (χ0n) is 29.5. The molecule has 1 aliphatic heterocycles. The monoisotopic (exact) mass is 756 g/mol. The fraction of sp³-hybridized carbons (Fsp3) is 0.432. The van der Waals surface area contributed by atoms with E-state index in [1.807, 2.05) is 36.6 Å². The first-order valence-electron chi connectivity index (χ1n) is 17.0. The van der Waals surface area contributed by atoms with E-state index >= 15 is 0 Å². The van der Waals surface area contributed by atoms with Gasteiger partial charge in [-0.3, -0.25) is 9.59 Å². The number of benzene rings is 3. The normalized spacial score (nSPS) is 15.9. The predicted molar refractivity (Wildman–Crippen MR) is 205 cm³/mol. The maximum absolute atomic E-state index is 14.3. The molecular weight excluding hydrogens is 709 g/mol. The molecule has 3 aromatic carbocycles. The third-order valence-corrected chi connectivity index (χ3v) is 11.8. The van der Waals surface area contributed by atoms with Crippen molar-refractivity contribution in [2.75, 3.05) is 36.3 Å². The van der Waals surface area contributed by atoms with Gasteiger partial charge in [-0.1, -0.05) is 88.1 Å². The number of hydrogen-bond acceptors (Lipinski definition) is 9. The molecule has 0 unspecified atom stereocenters. The molecule has 276 valence electrons. The van der Waals surface area contributed by atoms with Crippen molar-refractivity contribution in [3.8, 4) is 5.75 Å². The summed E-state index contributed by atoms with van der Waals surface area (Å²) >= 11 is 2.63. The molecule has 0 aromatic heterocycles. The summed E-state index contributed by atoms with van der Waals surface area (Å²) in [7, 11) is -4.05. The van der Waals surface area contributed by atoms with Crippen molar-refractivity contribution in [1.29, 1.82) is 0 Å². The molecule has 0 saturated carbocycles. The Morgan fingerprint density at radius 1 is 0.961 bits per heavy atom. The van der Waals surface area contributed by atoms with Crippen LogP contribution in [-0.2, 0) is 24.4 Å². The molecule has 1 heterocycles. The van der Waals surface area contributed by atoms with E-state index in [1.54, 1.807) is 42.7 Å². The van der Waals surface area contributed by atoms with Gasteiger partial charge in [-0.2, -0.15) is 11.8 Å². The van der Waals surface area contributed by atoms with Crippen LogP contribution < -0.4 is 25.0 Å². The number of para-hydroxylation sites is 1. The second kappa shape index (κ2) is 18.7. The first kappa shape index (κ1) is 40.1. The Labute approximate surface area is 309 Å². The lowest BCUT2D eigenvalue weighted by atomic mass is 9.87. The molecule has 2 amide bonds. The lowest BCUT2D eigenvalue weighted by Crippen LogP contribution is -2.53. The fourth-order valence-corrected chi connectivity index (χ4v) is 8.89. The highest BCUT2D eigenvalue weighted by atomic mass is 32.2. The highest BCUT2D eigenvalue weighted by Crippen LogP contribution is 2.44.